The molecule has 4 heteroatoms. The molecular weight excluding hydrogens is 280 g/mol. The molecule has 2 aliphatic rings. The fourth-order valence-corrected chi connectivity index (χ4v) is 3.32. The highest BCUT2D eigenvalue weighted by Gasteiger charge is 2.41. The van der Waals surface area contributed by atoms with Gasteiger partial charge in [0.1, 0.15) is 12.7 Å². The number of hydrogen-bond donors (Lipinski definition) is 0. The number of esters is 2. The summed E-state index contributed by atoms with van der Waals surface area (Å²) in [6.45, 7) is 4.23. The van der Waals surface area contributed by atoms with Crippen LogP contribution >= 0.6 is 0 Å². The van der Waals surface area contributed by atoms with Crippen LogP contribution in [-0.4, -0.2) is 24.6 Å². The fraction of sp³-hybridized carbons (Fsp3) is 0.778. The lowest BCUT2D eigenvalue weighted by Gasteiger charge is -2.21. The van der Waals surface area contributed by atoms with E-state index in [-0.39, 0.29) is 30.6 Å². The lowest BCUT2D eigenvalue weighted by atomic mass is 9.94. The van der Waals surface area contributed by atoms with E-state index in [0.717, 1.165) is 32.1 Å². The molecule has 2 bridgehead atoms. The van der Waals surface area contributed by atoms with Crippen molar-refractivity contribution < 1.29 is 19.1 Å². The van der Waals surface area contributed by atoms with E-state index in [2.05, 4.69) is 19.1 Å². The zero-order valence-electron chi connectivity index (χ0n) is 13.8. The van der Waals surface area contributed by atoms with Gasteiger partial charge in [0.15, 0.2) is 0 Å². The number of allylic oxidation sites excluding steroid dienone is 2. The fourth-order valence-electron chi connectivity index (χ4n) is 3.32. The average Bonchev–Trinajstić information content (AvgIpc) is 3.14. The highest BCUT2D eigenvalue weighted by Crippen LogP contribution is 2.44. The molecule has 1 saturated carbocycles. The second-order valence-electron chi connectivity index (χ2n) is 6.49. The molecule has 0 heterocycles. The summed E-state index contributed by atoms with van der Waals surface area (Å²) < 4.78 is 10.8. The number of carbonyl (C=O) groups is 2. The lowest BCUT2D eigenvalue weighted by molar-refractivity contribution is -0.163. The largest absolute Gasteiger partial charge is 0.462 e. The molecule has 0 radical (unpaired) electrons. The third-order valence-corrected chi connectivity index (χ3v) is 4.73. The highest BCUT2D eigenvalue weighted by molar-refractivity contribution is 5.74. The van der Waals surface area contributed by atoms with Crippen LogP contribution in [0, 0.1) is 17.8 Å². The Morgan fingerprint density at radius 1 is 1.18 bits per heavy atom. The first-order valence-electron chi connectivity index (χ1n) is 8.68. The van der Waals surface area contributed by atoms with Crippen molar-refractivity contribution in [2.45, 2.75) is 64.9 Å². The van der Waals surface area contributed by atoms with E-state index < -0.39 is 0 Å². The number of unbranched alkanes of at least 4 members (excludes halogenated alkanes) is 2. The van der Waals surface area contributed by atoms with E-state index in [9.17, 15) is 9.59 Å². The van der Waals surface area contributed by atoms with E-state index >= 15 is 0 Å². The SMILES string of the molecule is CCCCCC(=O)OCC(CC)OC(=O)C1CC2C=CC1C2. The van der Waals surface area contributed by atoms with E-state index in [0.29, 0.717) is 24.7 Å². The van der Waals surface area contributed by atoms with Crippen LogP contribution < -0.4 is 0 Å². The molecule has 4 atom stereocenters. The van der Waals surface area contributed by atoms with Crippen molar-refractivity contribution >= 4 is 11.9 Å². The molecule has 2 rings (SSSR count). The maximum absolute atomic E-state index is 12.3. The monoisotopic (exact) mass is 308 g/mol. The van der Waals surface area contributed by atoms with E-state index in [1.165, 1.54) is 0 Å². The van der Waals surface area contributed by atoms with Crippen molar-refractivity contribution in [1.82, 2.24) is 0 Å². The summed E-state index contributed by atoms with van der Waals surface area (Å²) in [4.78, 5) is 23.9. The van der Waals surface area contributed by atoms with Gasteiger partial charge in [0.05, 0.1) is 5.92 Å². The molecular formula is C18H28O4. The van der Waals surface area contributed by atoms with Gasteiger partial charge in [-0.15, -0.1) is 0 Å². The van der Waals surface area contributed by atoms with Crippen LogP contribution in [-0.2, 0) is 19.1 Å². The maximum atomic E-state index is 12.3. The van der Waals surface area contributed by atoms with E-state index in [1.54, 1.807) is 0 Å². The summed E-state index contributed by atoms with van der Waals surface area (Å²) in [5.74, 6) is 0.603. The number of carbonyl (C=O) groups excluding carboxylic acids is 2. The molecule has 124 valence electrons. The van der Waals surface area contributed by atoms with E-state index in [4.69, 9.17) is 9.47 Å². The maximum Gasteiger partial charge on any atom is 0.309 e. The zero-order valence-corrected chi connectivity index (χ0v) is 13.8. The topological polar surface area (TPSA) is 52.6 Å². The molecule has 1 fully saturated rings. The molecule has 0 aromatic carbocycles. The smallest absolute Gasteiger partial charge is 0.309 e. The summed E-state index contributed by atoms with van der Waals surface area (Å²) in [7, 11) is 0. The van der Waals surface area contributed by atoms with Gasteiger partial charge in [0, 0.05) is 6.42 Å². The molecule has 0 aromatic rings. The van der Waals surface area contributed by atoms with Crippen molar-refractivity contribution in [2.24, 2.45) is 17.8 Å². The van der Waals surface area contributed by atoms with Gasteiger partial charge < -0.3 is 9.47 Å². The van der Waals surface area contributed by atoms with Gasteiger partial charge in [0.2, 0.25) is 0 Å². The number of ether oxygens (including phenoxy) is 2. The van der Waals surface area contributed by atoms with Gasteiger partial charge in [-0.1, -0.05) is 38.8 Å². The normalized spacial score (nSPS) is 26.9. The summed E-state index contributed by atoms with van der Waals surface area (Å²) >= 11 is 0. The minimum Gasteiger partial charge on any atom is -0.462 e. The van der Waals surface area contributed by atoms with Crippen LogP contribution in [0.25, 0.3) is 0 Å². The molecule has 0 N–H and O–H groups in total. The Labute approximate surface area is 133 Å². The summed E-state index contributed by atoms with van der Waals surface area (Å²) in [6.07, 6.45) is 10.2. The van der Waals surface area contributed by atoms with Crippen LogP contribution in [0.3, 0.4) is 0 Å². The molecule has 0 aromatic heterocycles. The first-order valence-corrected chi connectivity index (χ1v) is 8.68. The Morgan fingerprint density at radius 3 is 2.59 bits per heavy atom. The van der Waals surface area contributed by atoms with E-state index in [1.807, 2.05) is 6.92 Å². The molecule has 2 aliphatic carbocycles. The minimum absolute atomic E-state index is 0.00399. The van der Waals surface area contributed by atoms with Crippen LogP contribution in [0.15, 0.2) is 12.2 Å². The Kier molecular flexibility index (Phi) is 6.47. The minimum atomic E-state index is -0.314. The lowest BCUT2D eigenvalue weighted by Crippen LogP contribution is -2.30. The Hall–Kier alpha value is -1.32. The van der Waals surface area contributed by atoms with Crippen LogP contribution in [0.5, 0.6) is 0 Å². The Balaban J connectivity index is 1.69. The quantitative estimate of drug-likeness (QED) is 0.371. The first kappa shape index (κ1) is 17.0. The predicted molar refractivity (Wildman–Crippen MR) is 84.1 cm³/mol. The molecule has 0 aliphatic heterocycles. The molecule has 0 spiro atoms. The number of rotatable bonds is 9. The number of fused-ring (bicyclic) bond motifs is 2. The van der Waals surface area contributed by atoms with Crippen molar-refractivity contribution in [1.29, 1.82) is 0 Å². The van der Waals surface area contributed by atoms with Gasteiger partial charge in [-0.05, 0) is 37.5 Å². The molecule has 22 heavy (non-hydrogen) atoms. The Bertz CT molecular complexity index is 415. The van der Waals surface area contributed by atoms with Crippen LogP contribution in [0.4, 0.5) is 0 Å². The summed E-state index contributed by atoms with van der Waals surface area (Å²) in [5, 5.41) is 0. The molecule has 0 saturated heterocycles. The molecule has 4 unspecified atom stereocenters. The molecule has 0 amide bonds. The zero-order chi connectivity index (χ0) is 15.9. The van der Waals surface area contributed by atoms with Gasteiger partial charge in [-0.3, -0.25) is 9.59 Å². The van der Waals surface area contributed by atoms with Crippen LogP contribution in [0.1, 0.15) is 58.8 Å². The predicted octanol–water partition coefficient (Wildman–Crippen LogP) is 3.64. The van der Waals surface area contributed by atoms with Gasteiger partial charge in [-0.2, -0.15) is 0 Å². The second kappa shape index (κ2) is 8.35. The third-order valence-electron chi connectivity index (χ3n) is 4.73. The Morgan fingerprint density at radius 2 is 2.00 bits per heavy atom. The summed E-state index contributed by atoms with van der Waals surface area (Å²) in [6, 6.07) is 0. The second-order valence-corrected chi connectivity index (χ2v) is 6.49. The first-order chi connectivity index (χ1) is 10.6. The standard InChI is InChI=1S/C18H28O4/c1-3-5-6-7-17(19)21-12-15(4-2)22-18(20)16-11-13-8-9-14(16)10-13/h8-9,13-16H,3-7,10-12H2,1-2H3. The van der Waals surface area contributed by atoms with Crippen molar-refractivity contribution in [3.63, 3.8) is 0 Å². The van der Waals surface area contributed by atoms with Gasteiger partial charge in [-0.25, -0.2) is 0 Å². The third kappa shape index (κ3) is 4.59. The average molecular weight is 308 g/mol. The van der Waals surface area contributed by atoms with Crippen molar-refractivity contribution in [3.05, 3.63) is 12.2 Å². The van der Waals surface area contributed by atoms with Crippen molar-refractivity contribution in [3.8, 4) is 0 Å². The van der Waals surface area contributed by atoms with Gasteiger partial charge in [0.25, 0.3) is 0 Å². The highest BCUT2D eigenvalue weighted by atomic mass is 16.6. The number of hydrogen-bond acceptors (Lipinski definition) is 4. The summed E-state index contributed by atoms with van der Waals surface area (Å²) in [5.41, 5.74) is 0. The van der Waals surface area contributed by atoms with Gasteiger partial charge >= 0.3 is 11.9 Å². The van der Waals surface area contributed by atoms with Crippen LogP contribution in [0.2, 0.25) is 0 Å². The molecule has 4 nitrogen and oxygen atoms in total. The van der Waals surface area contributed by atoms with Crippen molar-refractivity contribution in [2.75, 3.05) is 6.61 Å².